The molecule has 0 saturated carbocycles. The number of aromatic nitrogens is 1. The van der Waals surface area contributed by atoms with Crippen molar-refractivity contribution in [3.63, 3.8) is 0 Å². The number of amides is 1. The van der Waals surface area contributed by atoms with Crippen molar-refractivity contribution in [1.29, 1.82) is 0 Å². The van der Waals surface area contributed by atoms with Gasteiger partial charge in [0.05, 0.1) is 16.9 Å². The molecule has 4 nitrogen and oxygen atoms in total. The Balaban J connectivity index is 2.42. The second-order valence-electron chi connectivity index (χ2n) is 4.54. The SMILES string of the molecule is CC(=O)N/N=C\c1cc(C)n(-c2ccccc2Cl)c1C. The van der Waals surface area contributed by atoms with Gasteiger partial charge in [-0.05, 0) is 32.0 Å². The van der Waals surface area contributed by atoms with E-state index in [1.54, 1.807) is 6.21 Å². The van der Waals surface area contributed by atoms with E-state index in [4.69, 9.17) is 11.6 Å². The summed E-state index contributed by atoms with van der Waals surface area (Å²) in [6.45, 7) is 5.42. The summed E-state index contributed by atoms with van der Waals surface area (Å²) in [5, 5.41) is 4.60. The lowest BCUT2D eigenvalue weighted by molar-refractivity contribution is -0.118. The molecule has 2 rings (SSSR count). The molecule has 0 aliphatic heterocycles. The van der Waals surface area contributed by atoms with E-state index < -0.39 is 0 Å². The Morgan fingerprint density at radius 1 is 1.35 bits per heavy atom. The van der Waals surface area contributed by atoms with E-state index in [0.717, 1.165) is 22.6 Å². The van der Waals surface area contributed by atoms with Crippen molar-refractivity contribution in [2.75, 3.05) is 0 Å². The molecule has 0 spiro atoms. The molecule has 0 fully saturated rings. The summed E-state index contributed by atoms with van der Waals surface area (Å²) in [4.78, 5) is 10.8. The third-order valence-corrected chi connectivity index (χ3v) is 3.31. The van der Waals surface area contributed by atoms with Gasteiger partial charge in [-0.2, -0.15) is 5.10 Å². The van der Waals surface area contributed by atoms with Crippen molar-refractivity contribution < 1.29 is 4.79 Å². The van der Waals surface area contributed by atoms with Crippen molar-refractivity contribution in [3.8, 4) is 5.69 Å². The van der Waals surface area contributed by atoms with Crippen LogP contribution in [0.25, 0.3) is 5.69 Å². The molecule has 2 aromatic rings. The number of hydrogen-bond donors (Lipinski definition) is 1. The number of carbonyl (C=O) groups is 1. The van der Waals surface area contributed by atoms with Crippen LogP contribution in [0.3, 0.4) is 0 Å². The quantitative estimate of drug-likeness (QED) is 0.684. The van der Waals surface area contributed by atoms with Crippen LogP contribution >= 0.6 is 11.6 Å². The zero-order valence-electron chi connectivity index (χ0n) is 11.6. The lowest BCUT2D eigenvalue weighted by Crippen LogP contribution is -2.12. The Bertz CT molecular complexity index is 674. The van der Waals surface area contributed by atoms with Gasteiger partial charge in [0.2, 0.25) is 5.91 Å². The van der Waals surface area contributed by atoms with Crippen molar-refractivity contribution in [1.82, 2.24) is 9.99 Å². The molecule has 1 aromatic heterocycles. The van der Waals surface area contributed by atoms with Gasteiger partial charge >= 0.3 is 0 Å². The van der Waals surface area contributed by atoms with Crippen LogP contribution in [0.2, 0.25) is 5.02 Å². The standard InChI is InChI=1S/C15H16ClN3O/c1-10-8-13(9-17-18-12(3)20)11(2)19(10)15-7-5-4-6-14(15)16/h4-9H,1-3H3,(H,18,20)/b17-9-. The number of hydrogen-bond acceptors (Lipinski definition) is 2. The van der Waals surface area contributed by atoms with Gasteiger partial charge in [0.1, 0.15) is 0 Å². The van der Waals surface area contributed by atoms with E-state index in [9.17, 15) is 4.79 Å². The Morgan fingerprint density at radius 3 is 2.70 bits per heavy atom. The van der Waals surface area contributed by atoms with Crippen molar-refractivity contribution in [3.05, 3.63) is 52.3 Å². The molecule has 0 radical (unpaired) electrons. The van der Waals surface area contributed by atoms with Crippen molar-refractivity contribution in [2.24, 2.45) is 5.10 Å². The summed E-state index contributed by atoms with van der Waals surface area (Å²) >= 11 is 6.25. The summed E-state index contributed by atoms with van der Waals surface area (Å²) in [5.74, 6) is -0.193. The highest BCUT2D eigenvalue weighted by Crippen LogP contribution is 2.25. The number of hydrazone groups is 1. The third-order valence-electron chi connectivity index (χ3n) is 2.99. The largest absolute Gasteiger partial charge is 0.316 e. The minimum atomic E-state index is -0.193. The minimum absolute atomic E-state index is 0.193. The van der Waals surface area contributed by atoms with Gasteiger partial charge in [-0.15, -0.1) is 0 Å². The van der Waals surface area contributed by atoms with E-state index in [1.807, 2.05) is 44.2 Å². The predicted octanol–water partition coefficient (Wildman–Crippen LogP) is 3.22. The van der Waals surface area contributed by atoms with Gasteiger partial charge in [0.25, 0.3) is 0 Å². The molecule has 0 saturated heterocycles. The van der Waals surface area contributed by atoms with Gasteiger partial charge in [-0.25, -0.2) is 5.43 Å². The van der Waals surface area contributed by atoms with Gasteiger partial charge in [-0.3, -0.25) is 4.79 Å². The topological polar surface area (TPSA) is 46.4 Å². The van der Waals surface area contributed by atoms with Crippen LogP contribution < -0.4 is 5.43 Å². The number of halogens is 1. The number of aryl methyl sites for hydroxylation is 1. The zero-order valence-corrected chi connectivity index (χ0v) is 12.4. The Hall–Kier alpha value is -2.07. The highest BCUT2D eigenvalue weighted by Gasteiger charge is 2.11. The molecule has 1 N–H and O–H groups in total. The molecule has 104 valence electrons. The van der Waals surface area contributed by atoms with Gasteiger partial charge < -0.3 is 4.57 Å². The Morgan fingerprint density at radius 2 is 2.05 bits per heavy atom. The fourth-order valence-corrected chi connectivity index (χ4v) is 2.34. The summed E-state index contributed by atoms with van der Waals surface area (Å²) in [7, 11) is 0. The normalized spacial score (nSPS) is 11.0. The van der Waals surface area contributed by atoms with Crippen LogP contribution in [-0.2, 0) is 4.79 Å². The lowest BCUT2D eigenvalue weighted by Gasteiger charge is -2.11. The molecule has 0 aliphatic rings. The molecule has 1 amide bonds. The summed E-state index contributed by atoms with van der Waals surface area (Å²) in [6, 6.07) is 9.69. The van der Waals surface area contributed by atoms with E-state index >= 15 is 0 Å². The van der Waals surface area contributed by atoms with E-state index in [1.165, 1.54) is 6.92 Å². The van der Waals surface area contributed by atoms with Crippen molar-refractivity contribution in [2.45, 2.75) is 20.8 Å². The van der Waals surface area contributed by atoms with Crippen LogP contribution in [0.5, 0.6) is 0 Å². The third kappa shape index (κ3) is 2.91. The summed E-state index contributed by atoms with van der Waals surface area (Å²) < 4.78 is 2.07. The molecule has 0 atom stereocenters. The van der Waals surface area contributed by atoms with Crippen LogP contribution in [-0.4, -0.2) is 16.7 Å². The van der Waals surface area contributed by atoms with Gasteiger partial charge in [-0.1, -0.05) is 23.7 Å². The number of nitrogens with zero attached hydrogens (tertiary/aromatic N) is 2. The maximum Gasteiger partial charge on any atom is 0.236 e. The first-order valence-corrected chi connectivity index (χ1v) is 6.62. The number of carbonyl (C=O) groups excluding carboxylic acids is 1. The van der Waals surface area contributed by atoms with Crippen LogP contribution in [0.1, 0.15) is 23.9 Å². The number of para-hydroxylation sites is 1. The summed E-state index contributed by atoms with van der Waals surface area (Å²) in [5.41, 5.74) is 6.34. The molecule has 0 unspecified atom stereocenters. The highest BCUT2D eigenvalue weighted by molar-refractivity contribution is 6.32. The highest BCUT2D eigenvalue weighted by atomic mass is 35.5. The van der Waals surface area contributed by atoms with Gasteiger partial charge in [0, 0.05) is 23.9 Å². The number of rotatable bonds is 3. The molecule has 0 bridgehead atoms. The zero-order chi connectivity index (χ0) is 14.7. The van der Waals surface area contributed by atoms with E-state index in [2.05, 4.69) is 15.1 Å². The fraction of sp³-hybridized carbons (Fsp3) is 0.200. The lowest BCUT2D eigenvalue weighted by atomic mass is 10.2. The molecular formula is C15H16ClN3O. The maximum absolute atomic E-state index is 10.8. The van der Waals surface area contributed by atoms with E-state index in [-0.39, 0.29) is 5.91 Å². The first-order valence-electron chi connectivity index (χ1n) is 6.24. The molecule has 20 heavy (non-hydrogen) atoms. The first kappa shape index (κ1) is 14.3. The number of benzene rings is 1. The first-order chi connectivity index (χ1) is 9.50. The van der Waals surface area contributed by atoms with Crippen LogP contribution in [0, 0.1) is 13.8 Å². The molecule has 0 aliphatic carbocycles. The summed E-state index contributed by atoms with van der Waals surface area (Å²) in [6.07, 6.45) is 1.64. The fourth-order valence-electron chi connectivity index (χ4n) is 2.11. The Kier molecular flexibility index (Phi) is 4.25. The average molecular weight is 290 g/mol. The van der Waals surface area contributed by atoms with Gasteiger partial charge in [0.15, 0.2) is 0 Å². The van der Waals surface area contributed by atoms with Crippen LogP contribution in [0.15, 0.2) is 35.4 Å². The maximum atomic E-state index is 10.8. The van der Waals surface area contributed by atoms with Crippen molar-refractivity contribution >= 4 is 23.7 Å². The van der Waals surface area contributed by atoms with Crippen LogP contribution in [0.4, 0.5) is 0 Å². The second kappa shape index (κ2) is 5.92. The van der Waals surface area contributed by atoms with E-state index in [0.29, 0.717) is 5.02 Å². The smallest absolute Gasteiger partial charge is 0.236 e. The minimum Gasteiger partial charge on any atom is -0.316 e. The molecule has 1 heterocycles. The second-order valence-corrected chi connectivity index (χ2v) is 4.95. The predicted molar refractivity (Wildman–Crippen MR) is 81.7 cm³/mol. The Labute approximate surface area is 123 Å². The number of nitrogens with one attached hydrogen (secondary N) is 1. The monoisotopic (exact) mass is 289 g/mol. The average Bonchev–Trinajstić information content (AvgIpc) is 2.65. The molecular weight excluding hydrogens is 274 g/mol. The molecule has 1 aromatic carbocycles. The molecule has 5 heteroatoms.